The van der Waals surface area contributed by atoms with Gasteiger partial charge >= 0.3 is 5.97 Å². The number of ether oxygens (including phenoxy) is 3. The fourth-order valence-corrected chi connectivity index (χ4v) is 2.80. The lowest BCUT2D eigenvalue weighted by Gasteiger charge is -2.06. The molecule has 0 aliphatic carbocycles. The Labute approximate surface area is 171 Å². The second-order valence-electron chi connectivity index (χ2n) is 5.69. The van der Waals surface area contributed by atoms with E-state index < -0.39 is 11.9 Å². The van der Waals surface area contributed by atoms with E-state index in [2.05, 4.69) is 10.5 Å². The molecule has 0 saturated carbocycles. The number of nitrogens with zero attached hydrogens (tertiary/aromatic N) is 1. The van der Waals surface area contributed by atoms with Crippen LogP contribution in [-0.2, 0) is 4.79 Å². The SMILES string of the molecule is COc1ccc(OCC(=O)NN=Cc2ccc(OC(=O)c3cccs3)cc2)cc1. The van der Waals surface area contributed by atoms with Gasteiger partial charge in [-0.1, -0.05) is 6.07 Å². The van der Waals surface area contributed by atoms with Crippen LogP contribution in [0.15, 0.2) is 71.1 Å². The quantitative estimate of drug-likeness (QED) is 0.266. The molecule has 29 heavy (non-hydrogen) atoms. The molecule has 1 N–H and O–H groups in total. The Morgan fingerprint density at radius 2 is 1.69 bits per heavy atom. The summed E-state index contributed by atoms with van der Waals surface area (Å²) in [5.74, 6) is 0.901. The highest BCUT2D eigenvalue weighted by atomic mass is 32.1. The topological polar surface area (TPSA) is 86.2 Å². The molecule has 2 aromatic carbocycles. The number of hydrogen-bond donors (Lipinski definition) is 1. The number of thiophene rings is 1. The van der Waals surface area contributed by atoms with Crippen LogP contribution in [0.4, 0.5) is 0 Å². The Kier molecular flexibility index (Phi) is 6.96. The molecular weight excluding hydrogens is 392 g/mol. The summed E-state index contributed by atoms with van der Waals surface area (Å²) in [5.41, 5.74) is 3.12. The van der Waals surface area contributed by atoms with Gasteiger partial charge in [-0.25, -0.2) is 10.2 Å². The zero-order chi connectivity index (χ0) is 20.5. The highest BCUT2D eigenvalue weighted by molar-refractivity contribution is 7.12. The van der Waals surface area contributed by atoms with E-state index in [9.17, 15) is 9.59 Å². The lowest BCUT2D eigenvalue weighted by Crippen LogP contribution is -2.24. The van der Waals surface area contributed by atoms with E-state index in [4.69, 9.17) is 14.2 Å². The number of rotatable bonds is 8. The maximum atomic E-state index is 11.9. The van der Waals surface area contributed by atoms with Crippen LogP contribution in [0.2, 0.25) is 0 Å². The zero-order valence-corrected chi connectivity index (χ0v) is 16.3. The molecule has 8 heteroatoms. The Hall–Kier alpha value is -3.65. The standard InChI is InChI=1S/C21H18N2O5S/c1-26-16-8-10-17(11-9-16)27-14-20(24)23-22-13-15-4-6-18(7-5-15)28-21(25)19-3-2-12-29-19/h2-13H,14H2,1H3,(H,23,24). The van der Waals surface area contributed by atoms with Crippen molar-refractivity contribution in [3.05, 3.63) is 76.5 Å². The van der Waals surface area contributed by atoms with Crippen LogP contribution >= 0.6 is 11.3 Å². The molecule has 148 valence electrons. The van der Waals surface area contributed by atoms with Crippen LogP contribution in [-0.4, -0.2) is 31.8 Å². The molecule has 7 nitrogen and oxygen atoms in total. The van der Waals surface area contributed by atoms with Gasteiger partial charge in [0.15, 0.2) is 6.61 Å². The fraction of sp³-hybridized carbons (Fsp3) is 0.0952. The zero-order valence-electron chi connectivity index (χ0n) is 15.5. The van der Waals surface area contributed by atoms with Crippen molar-refractivity contribution in [2.75, 3.05) is 13.7 Å². The van der Waals surface area contributed by atoms with Crippen LogP contribution in [0.25, 0.3) is 0 Å². The number of benzene rings is 2. The van der Waals surface area contributed by atoms with Gasteiger partial charge in [-0.15, -0.1) is 11.3 Å². The van der Waals surface area contributed by atoms with Gasteiger partial charge in [-0.3, -0.25) is 4.79 Å². The Bertz CT molecular complexity index is 967. The maximum Gasteiger partial charge on any atom is 0.353 e. The number of hydrazone groups is 1. The first-order valence-corrected chi connectivity index (χ1v) is 9.46. The second kappa shape index (κ2) is 10.0. The first-order chi connectivity index (χ1) is 14.1. The Morgan fingerprint density at radius 3 is 2.34 bits per heavy atom. The highest BCUT2D eigenvalue weighted by Gasteiger charge is 2.09. The average Bonchev–Trinajstić information content (AvgIpc) is 3.29. The third-order valence-electron chi connectivity index (χ3n) is 3.65. The van der Waals surface area contributed by atoms with Crippen LogP contribution in [0.1, 0.15) is 15.2 Å². The summed E-state index contributed by atoms with van der Waals surface area (Å²) in [6.45, 7) is -0.165. The summed E-state index contributed by atoms with van der Waals surface area (Å²) in [6, 6.07) is 17.2. The average molecular weight is 410 g/mol. The predicted octanol–water partition coefficient (Wildman–Crippen LogP) is 3.51. The molecule has 0 aliphatic heterocycles. The molecular formula is C21H18N2O5S. The lowest BCUT2D eigenvalue weighted by molar-refractivity contribution is -0.123. The van der Waals surface area contributed by atoms with Gasteiger partial charge in [-0.05, 0) is 65.5 Å². The largest absolute Gasteiger partial charge is 0.497 e. The van der Waals surface area contributed by atoms with Crippen LogP contribution in [0.3, 0.4) is 0 Å². The number of amides is 1. The van der Waals surface area contributed by atoms with Crippen molar-refractivity contribution < 1.29 is 23.8 Å². The summed E-state index contributed by atoms with van der Waals surface area (Å²) in [6.07, 6.45) is 1.48. The van der Waals surface area contributed by atoms with Crippen molar-refractivity contribution in [3.8, 4) is 17.2 Å². The van der Waals surface area contributed by atoms with E-state index in [0.29, 0.717) is 22.1 Å². The molecule has 0 fully saturated rings. The maximum absolute atomic E-state index is 11.9. The summed E-state index contributed by atoms with van der Waals surface area (Å²) >= 11 is 1.32. The molecule has 0 spiro atoms. The minimum atomic E-state index is -0.398. The van der Waals surface area contributed by atoms with Crippen molar-refractivity contribution >= 4 is 29.4 Å². The minimum absolute atomic E-state index is 0.165. The van der Waals surface area contributed by atoms with Crippen molar-refractivity contribution in [2.45, 2.75) is 0 Å². The van der Waals surface area contributed by atoms with Crippen molar-refractivity contribution in [3.63, 3.8) is 0 Å². The molecule has 1 amide bonds. The van der Waals surface area contributed by atoms with E-state index in [1.54, 1.807) is 67.8 Å². The molecule has 1 heterocycles. The molecule has 0 radical (unpaired) electrons. The summed E-state index contributed by atoms with van der Waals surface area (Å²) in [5, 5.41) is 5.69. The van der Waals surface area contributed by atoms with Crippen molar-refractivity contribution in [1.29, 1.82) is 0 Å². The first kappa shape index (κ1) is 20.1. The van der Waals surface area contributed by atoms with Gasteiger partial charge in [0.25, 0.3) is 5.91 Å². The van der Waals surface area contributed by atoms with Crippen LogP contribution in [0.5, 0.6) is 17.2 Å². The molecule has 0 atom stereocenters. The highest BCUT2D eigenvalue weighted by Crippen LogP contribution is 2.17. The van der Waals surface area contributed by atoms with Gasteiger partial charge in [0, 0.05) is 0 Å². The summed E-state index contributed by atoms with van der Waals surface area (Å²) in [4.78, 5) is 24.2. The van der Waals surface area contributed by atoms with E-state index in [1.165, 1.54) is 17.6 Å². The van der Waals surface area contributed by atoms with E-state index in [-0.39, 0.29) is 6.61 Å². The molecule has 0 aliphatic rings. The molecule has 0 saturated heterocycles. The molecule has 3 aromatic rings. The van der Waals surface area contributed by atoms with Crippen molar-refractivity contribution in [1.82, 2.24) is 5.43 Å². The number of hydrogen-bond acceptors (Lipinski definition) is 7. The number of methoxy groups -OCH3 is 1. The second-order valence-corrected chi connectivity index (χ2v) is 6.64. The minimum Gasteiger partial charge on any atom is -0.497 e. The third kappa shape index (κ3) is 6.18. The monoisotopic (exact) mass is 410 g/mol. The van der Waals surface area contributed by atoms with E-state index in [0.717, 1.165) is 5.56 Å². The normalized spacial score (nSPS) is 10.5. The van der Waals surface area contributed by atoms with Crippen molar-refractivity contribution in [2.24, 2.45) is 5.10 Å². The van der Waals surface area contributed by atoms with Gasteiger partial charge in [0.2, 0.25) is 0 Å². The molecule has 0 unspecified atom stereocenters. The molecule has 0 bridgehead atoms. The van der Waals surface area contributed by atoms with Gasteiger partial charge in [0.05, 0.1) is 13.3 Å². The smallest absolute Gasteiger partial charge is 0.353 e. The van der Waals surface area contributed by atoms with Gasteiger partial charge in [-0.2, -0.15) is 5.10 Å². The third-order valence-corrected chi connectivity index (χ3v) is 4.50. The Morgan fingerprint density at radius 1 is 1.00 bits per heavy atom. The Balaban J connectivity index is 1.43. The van der Waals surface area contributed by atoms with Gasteiger partial charge < -0.3 is 14.2 Å². The van der Waals surface area contributed by atoms with Gasteiger partial charge in [0.1, 0.15) is 22.1 Å². The van der Waals surface area contributed by atoms with Crippen LogP contribution in [0, 0.1) is 0 Å². The summed E-state index contributed by atoms with van der Waals surface area (Å²) in [7, 11) is 1.58. The number of nitrogens with one attached hydrogen (secondary N) is 1. The fourth-order valence-electron chi connectivity index (χ4n) is 2.21. The molecule has 1 aromatic heterocycles. The number of carbonyl (C=O) groups is 2. The number of esters is 1. The van der Waals surface area contributed by atoms with Crippen LogP contribution < -0.4 is 19.6 Å². The lowest BCUT2D eigenvalue weighted by atomic mass is 10.2. The van der Waals surface area contributed by atoms with E-state index in [1.807, 2.05) is 5.38 Å². The van der Waals surface area contributed by atoms with E-state index >= 15 is 0 Å². The summed E-state index contributed by atoms with van der Waals surface area (Å²) < 4.78 is 15.7. The molecule has 3 rings (SSSR count). The first-order valence-electron chi connectivity index (χ1n) is 8.58. The predicted molar refractivity (Wildman–Crippen MR) is 110 cm³/mol. The number of carbonyl (C=O) groups excluding carboxylic acids is 2.